The fourth-order valence-corrected chi connectivity index (χ4v) is 15.0. The quantitative estimate of drug-likeness (QED) is 0.162. The largest absolute Gasteiger partial charge is 0.310 e. The maximum Gasteiger partial charge on any atom is 0.165 e. The van der Waals surface area contributed by atoms with Crippen LogP contribution < -0.4 is 4.90 Å². The van der Waals surface area contributed by atoms with Crippen molar-refractivity contribution in [3.05, 3.63) is 197 Å². The van der Waals surface area contributed by atoms with Crippen LogP contribution in [0.3, 0.4) is 0 Å². The standard InChI is InChI=1S/C60H57BN2/c1-57(2)42-24-13-15-30-51(42)63(53-35-52-41(34-47(53)57)40-23-12-14-29-50(40)62(52)38-20-10-9-11-21-38)39-22-16-19-36(31-39)37-32-48-56-49(33-37)60(7,8)46-28-18-26-44-55(46)61(56)54-43(58(44,3)4)25-17-27-45(54)59(48,5)6/h9-35,45-46,48,54-56H,1-8H3. The molecule has 3 fully saturated rings. The number of fused-ring (bicyclic) bond motifs is 5. The smallest absolute Gasteiger partial charge is 0.165 e. The van der Waals surface area contributed by atoms with Crippen LogP contribution in [0.1, 0.15) is 72.1 Å². The highest BCUT2D eigenvalue weighted by Crippen LogP contribution is 2.77. The third-order valence-corrected chi connectivity index (χ3v) is 18.1. The topological polar surface area (TPSA) is 8.17 Å². The molecule has 1 aromatic heterocycles. The van der Waals surface area contributed by atoms with Gasteiger partial charge in [0.05, 0.1) is 22.4 Å². The van der Waals surface area contributed by atoms with Crippen molar-refractivity contribution in [2.45, 2.75) is 78.3 Å². The molecular weight excluding hydrogens is 759 g/mol. The number of rotatable bonds is 3. The van der Waals surface area contributed by atoms with Crippen LogP contribution in [0.5, 0.6) is 0 Å². The van der Waals surface area contributed by atoms with Crippen LogP contribution in [0.2, 0.25) is 17.5 Å². The number of anilines is 3. The van der Waals surface area contributed by atoms with Crippen LogP contribution in [0.25, 0.3) is 33.1 Å². The van der Waals surface area contributed by atoms with Gasteiger partial charge in [0.25, 0.3) is 0 Å². The number of aromatic nitrogens is 1. The minimum atomic E-state index is -0.204. The summed E-state index contributed by atoms with van der Waals surface area (Å²) in [5, 5.41) is 2.58. The predicted molar refractivity (Wildman–Crippen MR) is 267 cm³/mol. The molecule has 13 rings (SSSR count). The van der Waals surface area contributed by atoms with E-state index in [1.54, 1.807) is 16.7 Å². The Bertz CT molecular complexity index is 3150. The van der Waals surface area contributed by atoms with Crippen LogP contribution in [0.15, 0.2) is 181 Å². The van der Waals surface area contributed by atoms with Crippen molar-refractivity contribution in [1.82, 2.24) is 4.57 Å². The molecule has 0 radical (unpaired) electrons. The zero-order valence-electron chi connectivity index (χ0n) is 38.0. The minimum absolute atomic E-state index is 0.0286. The zero-order chi connectivity index (χ0) is 42.9. The zero-order valence-corrected chi connectivity index (χ0v) is 38.0. The van der Waals surface area contributed by atoms with E-state index in [2.05, 4.69) is 229 Å². The van der Waals surface area contributed by atoms with E-state index < -0.39 is 0 Å². The highest BCUT2D eigenvalue weighted by molar-refractivity contribution is 6.68. The van der Waals surface area contributed by atoms with Gasteiger partial charge in [0.15, 0.2) is 6.71 Å². The lowest BCUT2D eigenvalue weighted by Crippen LogP contribution is -2.63. The molecule has 0 saturated carbocycles. The lowest BCUT2D eigenvalue weighted by molar-refractivity contribution is 0.120. The van der Waals surface area contributed by atoms with E-state index in [4.69, 9.17) is 0 Å². The minimum Gasteiger partial charge on any atom is -0.310 e. The molecule has 4 aliphatic heterocycles. The molecule has 3 aliphatic carbocycles. The summed E-state index contributed by atoms with van der Waals surface area (Å²) >= 11 is 0. The number of hydrogen-bond acceptors (Lipinski definition) is 1. The van der Waals surface area contributed by atoms with E-state index in [-0.39, 0.29) is 21.7 Å². The highest BCUT2D eigenvalue weighted by atomic mass is 15.2. The van der Waals surface area contributed by atoms with E-state index >= 15 is 0 Å². The number of benzene rings is 5. The molecule has 6 atom stereocenters. The maximum absolute atomic E-state index is 2.75. The van der Waals surface area contributed by atoms with Crippen LogP contribution in [0.4, 0.5) is 17.1 Å². The van der Waals surface area contributed by atoms with Crippen molar-refractivity contribution in [1.29, 1.82) is 0 Å². The summed E-state index contributed by atoms with van der Waals surface area (Å²) in [5.74, 6) is 3.10. The first-order valence-electron chi connectivity index (χ1n) is 23.6. The van der Waals surface area contributed by atoms with Gasteiger partial charge in [-0.15, -0.1) is 0 Å². The molecule has 6 unspecified atom stereocenters. The van der Waals surface area contributed by atoms with Crippen LogP contribution >= 0.6 is 0 Å². The second-order valence-corrected chi connectivity index (χ2v) is 22.2. The molecule has 6 aromatic rings. The van der Waals surface area contributed by atoms with E-state index in [0.717, 1.165) is 0 Å². The van der Waals surface area contributed by atoms with Gasteiger partial charge in [-0.25, -0.2) is 0 Å². The molecule has 0 amide bonds. The van der Waals surface area contributed by atoms with Crippen LogP contribution in [-0.2, 0) is 5.41 Å². The molecule has 310 valence electrons. The summed E-state index contributed by atoms with van der Waals surface area (Å²) in [5.41, 5.74) is 17.8. The van der Waals surface area contributed by atoms with Crippen molar-refractivity contribution >= 4 is 51.2 Å². The lowest BCUT2D eigenvalue weighted by atomic mass is 9.10. The average Bonchev–Trinajstić information content (AvgIpc) is 3.61. The number of hydrogen-bond donors (Lipinski definition) is 0. The highest BCUT2D eigenvalue weighted by Gasteiger charge is 2.69. The van der Waals surface area contributed by atoms with Gasteiger partial charge in [0.2, 0.25) is 0 Å². The van der Waals surface area contributed by atoms with Crippen molar-refractivity contribution in [2.24, 2.45) is 34.0 Å². The Hall–Kier alpha value is -5.80. The predicted octanol–water partition coefficient (Wildman–Crippen LogP) is 15.8. The summed E-state index contributed by atoms with van der Waals surface area (Å²) in [6.45, 7) is 20.9. The lowest BCUT2D eigenvalue weighted by Gasteiger charge is -2.69. The second-order valence-electron chi connectivity index (χ2n) is 22.2. The summed E-state index contributed by atoms with van der Waals surface area (Å²) < 4.78 is 2.46. The molecule has 2 nitrogen and oxygen atoms in total. The fraction of sp³-hybridized carbons (Fsp3) is 0.300. The average molecular weight is 817 g/mol. The molecule has 3 saturated heterocycles. The maximum atomic E-state index is 2.75. The van der Waals surface area contributed by atoms with Crippen molar-refractivity contribution in [3.8, 4) is 5.69 Å². The monoisotopic (exact) mass is 816 g/mol. The van der Waals surface area contributed by atoms with E-state index in [9.17, 15) is 0 Å². The summed E-state index contributed by atoms with van der Waals surface area (Å²) in [7, 11) is 0. The number of allylic oxidation sites excluding steroid dienone is 12. The van der Waals surface area contributed by atoms with Gasteiger partial charge in [-0.2, -0.15) is 0 Å². The van der Waals surface area contributed by atoms with Gasteiger partial charge in [-0.05, 0) is 117 Å². The Morgan fingerprint density at radius 2 is 1.17 bits per heavy atom. The Morgan fingerprint density at radius 3 is 1.97 bits per heavy atom. The molecule has 63 heavy (non-hydrogen) atoms. The van der Waals surface area contributed by atoms with Crippen LogP contribution in [0, 0.1) is 34.0 Å². The summed E-state index contributed by atoms with van der Waals surface area (Å²) in [4.78, 5) is 2.57. The Kier molecular flexibility index (Phi) is 7.47. The third kappa shape index (κ3) is 4.76. The first-order valence-corrected chi connectivity index (χ1v) is 23.6. The van der Waals surface area contributed by atoms with Crippen molar-refractivity contribution in [2.75, 3.05) is 4.90 Å². The van der Waals surface area contributed by atoms with E-state index in [0.29, 0.717) is 41.9 Å². The van der Waals surface area contributed by atoms with Gasteiger partial charge in [0, 0.05) is 33.0 Å². The van der Waals surface area contributed by atoms with Gasteiger partial charge in [-0.3, -0.25) is 0 Å². The molecule has 0 bridgehead atoms. The number of para-hydroxylation sites is 3. The molecule has 7 aliphatic rings. The molecular formula is C60H57BN2. The first-order chi connectivity index (χ1) is 30.3. The number of nitrogens with zero attached hydrogens (tertiary/aromatic N) is 2. The molecule has 0 spiro atoms. The first kappa shape index (κ1) is 37.7. The molecule has 0 N–H and O–H groups in total. The Labute approximate surface area is 374 Å². The third-order valence-electron chi connectivity index (χ3n) is 18.1. The Morgan fingerprint density at radius 1 is 0.508 bits per heavy atom. The second kappa shape index (κ2) is 12.5. The molecule has 3 heteroatoms. The van der Waals surface area contributed by atoms with Gasteiger partial charge in [0.1, 0.15) is 0 Å². The van der Waals surface area contributed by atoms with Crippen LogP contribution in [-0.4, -0.2) is 11.3 Å². The van der Waals surface area contributed by atoms with Gasteiger partial charge in [-0.1, -0.05) is 187 Å². The summed E-state index contributed by atoms with van der Waals surface area (Å²) in [6, 6.07) is 43.5. The normalized spacial score (nSPS) is 28.1. The fourth-order valence-electron chi connectivity index (χ4n) is 15.0. The van der Waals surface area contributed by atoms with Gasteiger partial charge >= 0.3 is 0 Å². The van der Waals surface area contributed by atoms with E-state index in [1.165, 1.54) is 66.8 Å². The van der Waals surface area contributed by atoms with Crippen molar-refractivity contribution in [3.63, 3.8) is 0 Å². The SMILES string of the molecule is CC1(C)C2=CC=CC3C2B2C4C1=CC=CC4C(C)(C)C1C=C(c4cccc(N5c6ccccc6C(C)(C)c6cc7c8ccccc8n(-c8ccccc8)c7cc65)c4)C=C(C21)C3(C)C. The summed E-state index contributed by atoms with van der Waals surface area (Å²) in [6.07, 6.45) is 20.5. The van der Waals surface area contributed by atoms with E-state index in [1.807, 2.05) is 0 Å². The molecule has 5 heterocycles. The Balaban J connectivity index is 1.00. The molecule has 5 aromatic carbocycles. The van der Waals surface area contributed by atoms with Gasteiger partial charge < -0.3 is 9.47 Å². The van der Waals surface area contributed by atoms with Crippen molar-refractivity contribution < 1.29 is 0 Å².